The molecule has 6 rings (SSSR count). The van der Waals surface area contributed by atoms with Crippen molar-refractivity contribution in [3.8, 4) is 28.3 Å². The highest BCUT2D eigenvalue weighted by molar-refractivity contribution is 6.30. The molecule has 7 nitrogen and oxygen atoms in total. The predicted octanol–water partition coefficient (Wildman–Crippen LogP) is 9.22. The zero-order valence-corrected chi connectivity index (χ0v) is 26.8. The molecule has 0 unspecified atom stereocenters. The van der Waals surface area contributed by atoms with Crippen molar-refractivity contribution in [1.29, 1.82) is 0 Å². The summed E-state index contributed by atoms with van der Waals surface area (Å²) in [5.74, 6) is -1.74. The van der Waals surface area contributed by atoms with Crippen molar-refractivity contribution in [3.63, 3.8) is 0 Å². The second kappa shape index (κ2) is 13.5. The molecule has 2 N–H and O–H groups in total. The lowest BCUT2D eigenvalue weighted by atomic mass is 9.94. The molecule has 10 heteroatoms. The molecule has 0 atom stereocenters. The third-order valence-corrected chi connectivity index (χ3v) is 8.70. The Kier molecular flexibility index (Phi) is 9.27. The topological polar surface area (TPSA) is 93.4 Å². The summed E-state index contributed by atoms with van der Waals surface area (Å²) in [5, 5.41) is 12.6. The van der Waals surface area contributed by atoms with Crippen LogP contribution in [0.5, 0.6) is 5.75 Å². The van der Waals surface area contributed by atoms with Gasteiger partial charge in [0.25, 0.3) is 5.91 Å². The quantitative estimate of drug-likeness (QED) is 0.165. The number of nitrogens with one attached hydrogen (secondary N) is 1. The van der Waals surface area contributed by atoms with Gasteiger partial charge in [0, 0.05) is 34.3 Å². The Labute approximate surface area is 276 Å². The van der Waals surface area contributed by atoms with Gasteiger partial charge in [-0.25, -0.2) is 18.6 Å². The van der Waals surface area contributed by atoms with E-state index in [0.717, 1.165) is 37.6 Å². The number of benzene rings is 4. The summed E-state index contributed by atoms with van der Waals surface area (Å²) in [6.07, 6.45) is 5.09. The fraction of sp³-hybridized carbons (Fsp3) is 0.270. The average molecular weight is 658 g/mol. The summed E-state index contributed by atoms with van der Waals surface area (Å²) in [5.41, 5.74) is 3.35. The van der Waals surface area contributed by atoms with Crippen molar-refractivity contribution >= 4 is 34.5 Å². The molecule has 0 spiro atoms. The van der Waals surface area contributed by atoms with E-state index in [2.05, 4.69) is 5.32 Å². The minimum absolute atomic E-state index is 0.0719. The molecule has 1 amide bonds. The smallest absolute Gasteiger partial charge is 0.335 e. The highest BCUT2D eigenvalue weighted by Gasteiger charge is 2.25. The van der Waals surface area contributed by atoms with E-state index in [1.807, 2.05) is 18.4 Å². The van der Waals surface area contributed by atoms with E-state index >= 15 is 4.39 Å². The van der Waals surface area contributed by atoms with Crippen molar-refractivity contribution < 1.29 is 28.2 Å². The normalized spacial score (nSPS) is 13.7. The van der Waals surface area contributed by atoms with Crippen LogP contribution in [0.3, 0.4) is 0 Å². The number of carbonyl (C=O) groups is 2. The maximum atomic E-state index is 15.9. The van der Waals surface area contributed by atoms with E-state index in [-0.39, 0.29) is 52.1 Å². The number of carboxylic acids is 1. The number of halogens is 3. The van der Waals surface area contributed by atoms with Crippen LogP contribution >= 0.6 is 11.6 Å². The predicted molar refractivity (Wildman–Crippen MR) is 178 cm³/mol. The highest BCUT2D eigenvalue weighted by atomic mass is 35.5. The van der Waals surface area contributed by atoms with Gasteiger partial charge in [-0.1, -0.05) is 36.9 Å². The molecule has 0 bridgehead atoms. The first kappa shape index (κ1) is 32.2. The third kappa shape index (κ3) is 6.86. The number of nitrogens with zero attached hydrogens (tertiary/aromatic N) is 2. The van der Waals surface area contributed by atoms with Gasteiger partial charge in [0.2, 0.25) is 0 Å². The Balaban J connectivity index is 1.34. The standard InChI is InChI=1S/C37H34ClF2N3O4/c1-21(2)41-36(44)22-8-12-28(29-13-10-25(38)18-31(29)39)24(16-22)20-47-27-11-14-30(32(40)19-27)35-42-33-17-23(37(45)46)9-15-34(33)43(35)26-6-4-3-5-7-26/h8-19,21,26H,3-7,20H2,1-2H3,(H,41,44)(H,45,46). The van der Waals surface area contributed by atoms with Crippen LogP contribution in [0, 0.1) is 11.6 Å². The first-order chi connectivity index (χ1) is 22.6. The van der Waals surface area contributed by atoms with Crippen molar-refractivity contribution in [2.24, 2.45) is 0 Å². The number of hydrogen-bond acceptors (Lipinski definition) is 4. The van der Waals surface area contributed by atoms with Crippen LogP contribution in [0.25, 0.3) is 33.5 Å². The molecule has 0 radical (unpaired) electrons. The zero-order valence-electron chi connectivity index (χ0n) is 26.0. The van der Waals surface area contributed by atoms with Crippen LogP contribution in [0.1, 0.15) is 78.3 Å². The van der Waals surface area contributed by atoms with Crippen LogP contribution in [0.2, 0.25) is 5.02 Å². The van der Waals surface area contributed by atoms with Gasteiger partial charge in [-0.2, -0.15) is 0 Å². The fourth-order valence-electron chi connectivity index (χ4n) is 6.23. The number of imidazole rings is 1. The van der Waals surface area contributed by atoms with Crippen LogP contribution in [0.15, 0.2) is 72.8 Å². The van der Waals surface area contributed by atoms with Gasteiger partial charge >= 0.3 is 5.97 Å². The van der Waals surface area contributed by atoms with Crippen LogP contribution in [-0.4, -0.2) is 32.6 Å². The van der Waals surface area contributed by atoms with Gasteiger partial charge in [0.1, 0.15) is 29.8 Å². The summed E-state index contributed by atoms with van der Waals surface area (Å²) >= 11 is 5.99. The number of aromatic carboxylic acids is 1. The zero-order chi connectivity index (χ0) is 33.2. The minimum atomic E-state index is -1.05. The van der Waals surface area contributed by atoms with Gasteiger partial charge in [-0.05, 0) is 98.5 Å². The van der Waals surface area contributed by atoms with E-state index in [9.17, 15) is 19.1 Å². The van der Waals surface area contributed by atoms with Crippen molar-refractivity contribution in [2.45, 2.75) is 64.6 Å². The first-order valence-corrected chi connectivity index (χ1v) is 16.0. The molecule has 47 heavy (non-hydrogen) atoms. The SMILES string of the molecule is CC(C)NC(=O)c1ccc(-c2ccc(Cl)cc2F)c(COc2ccc(-c3nc4cc(C(=O)O)ccc4n3C3CCCCC3)c(F)c2)c1. The maximum Gasteiger partial charge on any atom is 0.335 e. The molecular formula is C37H34ClF2N3O4. The van der Waals surface area contributed by atoms with E-state index in [0.29, 0.717) is 28.0 Å². The number of fused-ring (bicyclic) bond motifs is 1. The van der Waals surface area contributed by atoms with Crippen molar-refractivity contribution in [2.75, 3.05) is 0 Å². The van der Waals surface area contributed by atoms with E-state index in [4.69, 9.17) is 21.3 Å². The third-order valence-electron chi connectivity index (χ3n) is 8.46. The Hall–Kier alpha value is -4.76. The number of hydrogen-bond donors (Lipinski definition) is 2. The largest absolute Gasteiger partial charge is 0.489 e. The van der Waals surface area contributed by atoms with E-state index in [1.54, 1.807) is 54.6 Å². The minimum Gasteiger partial charge on any atom is -0.489 e. The molecule has 5 aromatic rings. The first-order valence-electron chi connectivity index (χ1n) is 15.7. The molecule has 1 aliphatic carbocycles. The monoisotopic (exact) mass is 657 g/mol. The second-order valence-corrected chi connectivity index (χ2v) is 12.6. The summed E-state index contributed by atoms with van der Waals surface area (Å²) < 4.78 is 39.0. The molecule has 1 saturated carbocycles. The molecule has 242 valence electrons. The van der Waals surface area contributed by atoms with Gasteiger partial charge in [0.05, 0.1) is 22.2 Å². The Morgan fingerprint density at radius 3 is 2.32 bits per heavy atom. The Bertz CT molecular complexity index is 1980. The molecule has 1 aliphatic rings. The van der Waals surface area contributed by atoms with Crippen LogP contribution in [0.4, 0.5) is 8.78 Å². The fourth-order valence-corrected chi connectivity index (χ4v) is 6.39. The molecule has 1 aromatic heterocycles. The second-order valence-electron chi connectivity index (χ2n) is 12.2. The summed E-state index contributed by atoms with van der Waals surface area (Å²) in [6, 6.07) is 18.7. The molecule has 0 saturated heterocycles. The number of carbonyl (C=O) groups excluding carboxylic acids is 1. The Morgan fingerprint density at radius 1 is 0.915 bits per heavy atom. The summed E-state index contributed by atoms with van der Waals surface area (Å²) in [6.45, 7) is 3.64. The lowest BCUT2D eigenvalue weighted by molar-refractivity contribution is 0.0696. The molecule has 1 fully saturated rings. The van der Waals surface area contributed by atoms with Gasteiger partial charge in [-0.3, -0.25) is 4.79 Å². The van der Waals surface area contributed by atoms with E-state index < -0.39 is 17.6 Å². The number of rotatable bonds is 9. The van der Waals surface area contributed by atoms with Gasteiger partial charge < -0.3 is 19.7 Å². The molecule has 0 aliphatic heterocycles. The van der Waals surface area contributed by atoms with Gasteiger partial charge in [-0.15, -0.1) is 0 Å². The van der Waals surface area contributed by atoms with Crippen molar-refractivity contribution in [1.82, 2.24) is 14.9 Å². The summed E-state index contributed by atoms with van der Waals surface area (Å²) in [4.78, 5) is 29.2. The van der Waals surface area contributed by atoms with Gasteiger partial charge in [0.15, 0.2) is 0 Å². The van der Waals surface area contributed by atoms with Crippen LogP contribution in [-0.2, 0) is 6.61 Å². The maximum absolute atomic E-state index is 15.9. The number of ether oxygens (including phenoxy) is 1. The number of aromatic nitrogens is 2. The number of amides is 1. The molecular weight excluding hydrogens is 624 g/mol. The number of carboxylic acid groups (broad SMARTS) is 1. The summed E-state index contributed by atoms with van der Waals surface area (Å²) in [7, 11) is 0. The van der Waals surface area contributed by atoms with E-state index in [1.165, 1.54) is 18.2 Å². The van der Waals surface area contributed by atoms with Crippen molar-refractivity contribution in [3.05, 3.63) is 106 Å². The lowest BCUT2D eigenvalue weighted by Gasteiger charge is -2.25. The van der Waals surface area contributed by atoms with Crippen LogP contribution < -0.4 is 10.1 Å². The molecule has 4 aromatic carbocycles. The highest BCUT2D eigenvalue weighted by Crippen LogP contribution is 2.38. The average Bonchev–Trinajstić information content (AvgIpc) is 3.42. The Morgan fingerprint density at radius 2 is 1.62 bits per heavy atom. The lowest BCUT2D eigenvalue weighted by Crippen LogP contribution is -2.30. The molecule has 1 heterocycles.